The lowest BCUT2D eigenvalue weighted by atomic mass is 10.1. The largest absolute Gasteiger partial charge is 0.494 e. The number of nitrogens with zero attached hydrogens (tertiary/aromatic N) is 1. The number of hydrogen-bond acceptors (Lipinski definition) is 3. The number of nitrogens with one attached hydrogen (secondary N) is 1. The zero-order valence-corrected chi connectivity index (χ0v) is 13.8. The summed E-state index contributed by atoms with van der Waals surface area (Å²) in [7, 11) is 1.62. The summed E-state index contributed by atoms with van der Waals surface area (Å²) in [5, 5.41) is 2.87. The fourth-order valence-corrected chi connectivity index (χ4v) is 2.18. The van der Waals surface area contributed by atoms with E-state index in [0.717, 1.165) is 23.3 Å². The van der Waals surface area contributed by atoms with Crippen molar-refractivity contribution in [2.75, 3.05) is 6.61 Å². The highest BCUT2D eigenvalue weighted by Crippen LogP contribution is 2.17. The summed E-state index contributed by atoms with van der Waals surface area (Å²) in [5.41, 5.74) is 2.43. The van der Waals surface area contributed by atoms with Crippen molar-refractivity contribution in [2.24, 2.45) is 7.05 Å². The monoisotopic (exact) mass is 314 g/mol. The van der Waals surface area contributed by atoms with Crippen LogP contribution in [0.5, 0.6) is 5.75 Å². The molecule has 1 aromatic carbocycles. The van der Waals surface area contributed by atoms with Crippen LogP contribution in [0.25, 0.3) is 0 Å². The Labute approximate surface area is 135 Å². The predicted octanol–water partition coefficient (Wildman–Crippen LogP) is 2.41. The average Bonchev–Trinajstić information content (AvgIpc) is 2.54. The summed E-state index contributed by atoms with van der Waals surface area (Å²) in [6.07, 6.45) is 2.50. The molecule has 1 amide bonds. The number of pyridine rings is 1. The van der Waals surface area contributed by atoms with Crippen LogP contribution in [0.2, 0.25) is 0 Å². The third kappa shape index (κ3) is 4.45. The third-order valence-corrected chi connectivity index (χ3v) is 3.57. The van der Waals surface area contributed by atoms with E-state index in [2.05, 4.69) is 12.2 Å². The molecule has 5 heteroatoms. The molecule has 122 valence electrons. The van der Waals surface area contributed by atoms with Gasteiger partial charge in [0.1, 0.15) is 5.75 Å². The molecule has 2 rings (SSSR count). The van der Waals surface area contributed by atoms with Crippen molar-refractivity contribution < 1.29 is 9.53 Å². The van der Waals surface area contributed by atoms with Gasteiger partial charge in [-0.25, -0.2) is 0 Å². The van der Waals surface area contributed by atoms with Crippen molar-refractivity contribution in [1.82, 2.24) is 9.88 Å². The van der Waals surface area contributed by atoms with Gasteiger partial charge in [0.2, 0.25) is 5.56 Å². The Bertz CT molecular complexity index is 750. The first-order valence-electron chi connectivity index (χ1n) is 7.68. The maximum Gasteiger partial charge on any atom is 0.253 e. The normalized spacial score (nSPS) is 10.4. The molecule has 0 fully saturated rings. The van der Waals surface area contributed by atoms with Crippen LogP contribution in [0.4, 0.5) is 0 Å². The van der Waals surface area contributed by atoms with Crippen LogP contribution in [0.15, 0.2) is 41.3 Å². The highest BCUT2D eigenvalue weighted by Gasteiger charge is 2.08. The number of aromatic nitrogens is 1. The summed E-state index contributed by atoms with van der Waals surface area (Å²) in [6.45, 7) is 5.19. The van der Waals surface area contributed by atoms with Crippen LogP contribution in [0, 0.1) is 6.92 Å². The van der Waals surface area contributed by atoms with Crippen molar-refractivity contribution in [3.63, 3.8) is 0 Å². The van der Waals surface area contributed by atoms with Crippen LogP contribution in [-0.2, 0) is 13.6 Å². The molecule has 2 aromatic rings. The van der Waals surface area contributed by atoms with Crippen molar-refractivity contribution in [1.29, 1.82) is 0 Å². The SMILES string of the molecule is CCCOc1ccc(CNC(=O)c2ccc(=O)n(C)c2)c(C)c1. The van der Waals surface area contributed by atoms with Gasteiger partial charge in [-0.05, 0) is 42.7 Å². The first-order valence-corrected chi connectivity index (χ1v) is 7.68. The van der Waals surface area contributed by atoms with Gasteiger partial charge in [-0.3, -0.25) is 9.59 Å². The average molecular weight is 314 g/mol. The van der Waals surface area contributed by atoms with E-state index < -0.39 is 0 Å². The Morgan fingerprint density at radius 1 is 1.26 bits per heavy atom. The van der Waals surface area contributed by atoms with Gasteiger partial charge in [0.25, 0.3) is 5.91 Å². The predicted molar refractivity (Wildman–Crippen MR) is 89.8 cm³/mol. The molecule has 0 aliphatic rings. The van der Waals surface area contributed by atoms with Gasteiger partial charge in [0, 0.05) is 25.9 Å². The quantitative estimate of drug-likeness (QED) is 0.891. The highest BCUT2D eigenvalue weighted by molar-refractivity contribution is 5.93. The molecule has 0 bridgehead atoms. The molecule has 1 aromatic heterocycles. The Balaban J connectivity index is 2.01. The van der Waals surface area contributed by atoms with Gasteiger partial charge >= 0.3 is 0 Å². The van der Waals surface area contributed by atoms with E-state index in [0.29, 0.717) is 18.7 Å². The lowest BCUT2D eigenvalue weighted by Gasteiger charge is -2.11. The molecule has 0 saturated heterocycles. The Hall–Kier alpha value is -2.56. The van der Waals surface area contributed by atoms with Crippen LogP contribution in [-0.4, -0.2) is 17.1 Å². The number of hydrogen-bond donors (Lipinski definition) is 1. The molecule has 0 aliphatic heterocycles. The van der Waals surface area contributed by atoms with Crippen LogP contribution < -0.4 is 15.6 Å². The second kappa shape index (κ2) is 7.63. The number of amides is 1. The van der Waals surface area contributed by atoms with Crippen molar-refractivity contribution in [3.05, 3.63) is 63.6 Å². The number of ether oxygens (including phenoxy) is 1. The Kier molecular flexibility index (Phi) is 5.57. The number of carbonyl (C=O) groups excluding carboxylic acids is 1. The molecular formula is C18H22N2O3. The molecule has 0 spiro atoms. The number of carbonyl (C=O) groups is 1. The Morgan fingerprint density at radius 2 is 2.04 bits per heavy atom. The second-order valence-electron chi connectivity index (χ2n) is 5.49. The fourth-order valence-electron chi connectivity index (χ4n) is 2.18. The van der Waals surface area contributed by atoms with Gasteiger partial charge in [-0.1, -0.05) is 13.0 Å². The highest BCUT2D eigenvalue weighted by atomic mass is 16.5. The van der Waals surface area contributed by atoms with Crippen LogP contribution in [0.3, 0.4) is 0 Å². The van der Waals surface area contributed by atoms with Crippen molar-refractivity contribution in [2.45, 2.75) is 26.8 Å². The molecule has 0 atom stereocenters. The smallest absolute Gasteiger partial charge is 0.253 e. The van der Waals surface area contributed by atoms with E-state index >= 15 is 0 Å². The van der Waals surface area contributed by atoms with Gasteiger partial charge in [-0.15, -0.1) is 0 Å². The lowest BCUT2D eigenvalue weighted by molar-refractivity contribution is 0.0950. The van der Waals surface area contributed by atoms with E-state index in [-0.39, 0.29) is 11.5 Å². The van der Waals surface area contributed by atoms with E-state index in [1.807, 2.05) is 25.1 Å². The van der Waals surface area contributed by atoms with Crippen LogP contribution >= 0.6 is 0 Å². The maximum atomic E-state index is 12.1. The molecule has 0 aliphatic carbocycles. The summed E-state index contributed by atoms with van der Waals surface area (Å²) in [4.78, 5) is 23.5. The summed E-state index contributed by atoms with van der Waals surface area (Å²) >= 11 is 0. The lowest BCUT2D eigenvalue weighted by Crippen LogP contribution is -2.25. The molecule has 0 unspecified atom stereocenters. The number of aryl methyl sites for hydroxylation is 2. The molecule has 1 N–H and O–H groups in total. The van der Waals surface area contributed by atoms with E-state index in [1.54, 1.807) is 7.05 Å². The molecule has 0 radical (unpaired) electrons. The minimum atomic E-state index is -0.202. The standard InChI is InChI=1S/C18H22N2O3/c1-4-9-23-16-7-5-14(13(2)10-16)11-19-18(22)15-6-8-17(21)20(3)12-15/h5-8,10,12H,4,9,11H2,1-3H3,(H,19,22). The van der Waals surface area contributed by atoms with Gasteiger partial charge in [0.05, 0.1) is 12.2 Å². The molecule has 23 heavy (non-hydrogen) atoms. The number of benzene rings is 1. The van der Waals surface area contributed by atoms with E-state index in [4.69, 9.17) is 4.74 Å². The summed E-state index contributed by atoms with van der Waals surface area (Å²) < 4.78 is 6.98. The van der Waals surface area contributed by atoms with Gasteiger partial charge in [-0.2, -0.15) is 0 Å². The molecule has 1 heterocycles. The molecular weight excluding hydrogens is 292 g/mol. The van der Waals surface area contributed by atoms with Crippen molar-refractivity contribution in [3.8, 4) is 5.75 Å². The first kappa shape index (κ1) is 16.8. The minimum absolute atomic E-state index is 0.139. The van der Waals surface area contributed by atoms with Crippen LogP contribution in [0.1, 0.15) is 34.8 Å². The number of rotatable bonds is 6. The van der Waals surface area contributed by atoms with E-state index in [9.17, 15) is 9.59 Å². The summed E-state index contributed by atoms with van der Waals surface area (Å²) in [5.74, 6) is 0.642. The zero-order valence-electron chi connectivity index (χ0n) is 13.8. The summed E-state index contributed by atoms with van der Waals surface area (Å²) in [6, 6.07) is 8.77. The van der Waals surface area contributed by atoms with Crippen molar-refractivity contribution >= 4 is 5.91 Å². The molecule has 5 nitrogen and oxygen atoms in total. The molecule has 0 saturated carbocycles. The maximum absolute atomic E-state index is 12.1. The first-order chi connectivity index (χ1) is 11.0. The fraction of sp³-hybridized carbons (Fsp3) is 0.333. The van der Waals surface area contributed by atoms with Gasteiger partial charge in [0.15, 0.2) is 0 Å². The Morgan fingerprint density at radius 3 is 2.70 bits per heavy atom. The second-order valence-corrected chi connectivity index (χ2v) is 5.49. The zero-order chi connectivity index (χ0) is 16.8. The minimum Gasteiger partial charge on any atom is -0.494 e. The van der Waals surface area contributed by atoms with E-state index in [1.165, 1.54) is 22.9 Å². The van der Waals surface area contributed by atoms with Gasteiger partial charge < -0.3 is 14.6 Å². The topological polar surface area (TPSA) is 60.3 Å². The third-order valence-electron chi connectivity index (χ3n) is 3.57.